The van der Waals surface area contributed by atoms with Crippen molar-refractivity contribution in [2.45, 2.75) is 24.9 Å². The Balaban J connectivity index is 2.47. The van der Waals surface area contributed by atoms with E-state index in [0.29, 0.717) is 25.5 Å². The molecule has 1 rings (SSSR count). The second-order valence-electron chi connectivity index (χ2n) is 2.80. The summed E-state index contributed by atoms with van der Waals surface area (Å²) in [4.78, 5) is 3.74. The molecule has 1 aromatic heterocycles. The van der Waals surface area contributed by atoms with Crippen LogP contribution in [-0.2, 0) is 20.2 Å². The van der Waals surface area contributed by atoms with Crippen LogP contribution in [0.3, 0.4) is 0 Å². The molecular weight excluding hydrogens is 242 g/mol. The second-order valence-corrected chi connectivity index (χ2v) is 5.26. The van der Waals surface area contributed by atoms with Crippen LogP contribution in [0.15, 0.2) is 5.16 Å². The maximum absolute atomic E-state index is 10.8. The first-order valence-electron chi connectivity index (χ1n) is 4.47. The van der Waals surface area contributed by atoms with Gasteiger partial charge in [0.1, 0.15) is 5.82 Å². The van der Waals surface area contributed by atoms with Gasteiger partial charge in [0.05, 0.1) is 0 Å². The minimum absolute atomic E-state index is 0.379. The monoisotopic (exact) mass is 253 g/mol. The molecule has 0 radical (unpaired) electrons. The fourth-order valence-corrected chi connectivity index (χ4v) is 1.57. The number of nitrogens with zero attached hydrogens (tertiary/aromatic N) is 2. The number of nitrogens with one attached hydrogen (secondary N) is 1. The Hall–Kier alpha value is -0.660. The van der Waals surface area contributed by atoms with Crippen molar-refractivity contribution in [3.05, 3.63) is 5.82 Å². The van der Waals surface area contributed by atoms with Gasteiger partial charge in [-0.1, -0.05) is 0 Å². The van der Waals surface area contributed by atoms with Crippen LogP contribution < -0.4 is 0 Å². The molecule has 0 amide bonds. The van der Waals surface area contributed by atoms with Gasteiger partial charge in [-0.05, 0) is 13.3 Å². The molecule has 0 unspecified atom stereocenters. The van der Waals surface area contributed by atoms with Gasteiger partial charge in [-0.25, -0.2) is 13.4 Å². The molecule has 86 valence electrons. The summed E-state index contributed by atoms with van der Waals surface area (Å²) in [5.74, 6) is 0.494. The summed E-state index contributed by atoms with van der Waals surface area (Å²) in [6.07, 6.45) is 1.34. The highest BCUT2D eigenvalue weighted by Gasteiger charge is 2.16. The van der Waals surface area contributed by atoms with E-state index in [2.05, 4.69) is 15.2 Å². The lowest BCUT2D eigenvalue weighted by Crippen LogP contribution is -1.97. The van der Waals surface area contributed by atoms with Crippen LogP contribution in [-0.4, -0.2) is 36.8 Å². The lowest BCUT2D eigenvalue weighted by molar-refractivity contribution is 0.145. The highest BCUT2D eigenvalue weighted by molar-refractivity contribution is 8.13. The molecule has 0 aliphatic rings. The maximum Gasteiger partial charge on any atom is 0.298 e. The van der Waals surface area contributed by atoms with Gasteiger partial charge < -0.3 is 4.74 Å². The Morgan fingerprint density at radius 3 is 2.80 bits per heavy atom. The summed E-state index contributed by atoms with van der Waals surface area (Å²) in [5.41, 5.74) is 0. The summed E-state index contributed by atoms with van der Waals surface area (Å²) in [7, 11) is 1.23. The minimum atomic E-state index is -3.83. The molecule has 0 saturated heterocycles. The van der Waals surface area contributed by atoms with Crippen molar-refractivity contribution >= 4 is 19.7 Å². The van der Waals surface area contributed by atoms with E-state index >= 15 is 0 Å². The van der Waals surface area contributed by atoms with E-state index in [1.54, 1.807) is 0 Å². The molecule has 15 heavy (non-hydrogen) atoms. The quantitative estimate of drug-likeness (QED) is 0.596. The van der Waals surface area contributed by atoms with Gasteiger partial charge in [-0.15, -0.1) is 5.10 Å². The van der Waals surface area contributed by atoms with Crippen molar-refractivity contribution in [2.75, 3.05) is 13.2 Å². The number of aromatic amines is 1. The van der Waals surface area contributed by atoms with Crippen LogP contribution in [0.1, 0.15) is 19.2 Å². The van der Waals surface area contributed by atoms with Crippen LogP contribution in [0, 0.1) is 0 Å². The molecule has 1 aromatic rings. The third kappa shape index (κ3) is 4.15. The average molecular weight is 254 g/mol. The molecule has 1 heterocycles. The largest absolute Gasteiger partial charge is 0.382 e. The van der Waals surface area contributed by atoms with E-state index in [-0.39, 0.29) is 5.16 Å². The van der Waals surface area contributed by atoms with Gasteiger partial charge in [-0.2, -0.15) is 0 Å². The van der Waals surface area contributed by atoms with E-state index in [0.717, 1.165) is 6.42 Å². The van der Waals surface area contributed by atoms with Crippen LogP contribution in [0.2, 0.25) is 0 Å². The predicted molar refractivity (Wildman–Crippen MR) is 54.2 cm³/mol. The van der Waals surface area contributed by atoms with Gasteiger partial charge >= 0.3 is 0 Å². The normalized spacial score (nSPS) is 11.9. The van der Waals surface area contributed by atoms with Crippen molar-refractivity contribution in [3.63, 3.8) is 0 Å². The van der Waals surface area contributed by atoms with E-state index in [1.165, 1.54) is 0 Å². The zero-order valence-corrected chi connectivity index (χ0v) is 9.81. The summed E-state index contributed by atoms with van der Waals surface area (Å²) >= 11 is 0. The molecule has 1 N–H and O–H groups in total. The van der Waals surface area contributed by atoms with E-state index in [9.17, 15) is 8.42 Å². The Kier molecular flexibility index (Phi) is 4.49. The summed E-state index contributed by atoms with van der Waals surface area (Å²) < 4.78 is 26.8. The molecule has 0 fully saturated rings. The standard InChI is InChI=1S/C7H12ClN3O3S/c1-2-14-5-3-4-6-9-7(11-10-6)15(8,12)13/h2-5H2,1H3,(H,9,10,11). The maximum atomic E-state index is 10.8. The summed E-state index contributed by atoms with van der Waals surface area (Å²) in [5, 5.41) is 5.62. The fraction of sp³-hybridized carbons (Fsp3) is 0.714. The molecule has 0 atom stereocenters. The van der Waals surface area contributed by atoms with Crippen LogP contribution in [0.25, 0.3) is 0 Å². The topological polar surface area (TPSA) is 84.9 Å². The van der Waals surface area contributed by atoms with Gasteiger partial charge in [0.15, 0.2) is 0 Å². The lowest BCUT2D eigenvalue weighted by atomic mass is 10.3. The number of aryl methyl sites for hydroxylation is 1. The van der Waals surface area contributed by atoms with Gasteiger partial charge in [0.25, 0.3) is 14.2 Å². The third-order valence-corrected chi connectivity index (χ3v) is 2.67. The number of aromatic nitrogens is 3. The van der Waals surface area contributed by atoms with E-state index in [4.69, 9.17) is 15.4 Å². The molecular formula is C7H12ClN3O3S. The average Bonchev–Trinajstić information content (AvgIpc) is 2.60. The highest BCUT2D eigenvalue weighted by atomic mass is 35.7. The second kappa shape index (κ2) is 5.43. The van der Waals surface area contributed by atoms with Crippen molar-refractivity contribution < 1.29 is 13.2 Å². The molecule has 0 aliphatic carbocycles. The molecule has 8 heteroatoms. The molecule has 0 aliphatic heterocycles. The van der Waals surface area contributed by atoms with Crippen molar-refractivity contribution in [1.82, 2.24) is 15.2 Å². The lowest BCUT2D eigenvalue weighted by Gasteiger charge is -1.97. The van der Waals surface area contributed by atoms with E-state index in [1.807, 2.05) is 6.92 Å². The zero-order chi connectivity index (χ0) is 11.3. The number of rotatable bonds is 6. The molecule has 6 nitrogen and oxygen atoms in total. The smallest absolute Gasteiger partial charge is 0.298 e. The van der Waals surface area contributed by atoms with Crippen LogP contribution in [0.5, 0.6) is 0 Å². The van der Waals surface area contributed by atoms with Crippen molar-refractivity contribution in [2.24, 2.45) is 0 Å². The number of hydrogen-bond acceptors (Lipinski definition) is 5. The van der Waals surface area contributed by atoms with E-state index < -0.39 is 9.05 Å². The first-order valence-corrected chi connectivity index (χ1v) is 6.78. The number of halogens is 1. The zero-order valence-electron chi connectivity index (χ0n) is 8.23. The summed E-state index contributed by atoms with van der Waals surface area (Å²) in [6.45, 7) is 3.19. The van der Waals surface area contributed by atoms with Crippen LogP contribution in [0.4, 0.5) is 0 Å². The molecule has 0 bridgehead atoms. The first kappa shape index (κ1) is 12.4. The fourth-order valence-electron chi connectivity index (χ4n) is 0.985. The number of H-pyrrole nitrogens is 1. The highest BCUT2D eigenvalue weighted by Crippen LogP contribution is 2.08. The Morgan fingerprint density at radius 1 is 1.53 bits per heavy atom. The molecule has 0 aromatic carbocycles. The van der Waals surface area contributed by atoms with Crippen LogP contribution >= 0.6 is 10.7 Å². The first-order chi connectivity index (χ1) is 7.04. The summed E-state index contributed by atoms with van der Waals surface area (Å²) in [6, 6.07) is 0. The Bertz CT molecular complexity index is 403. The van der Waals surface area contributed by atoms with Crippen molar-refractivity contribution in [3.8, 4) is 0 Å². The predicted octanol–water partition coefficient (Wildman–Crippen LogP) is 0.701. The van der Waals surface area contributed by atoms with Crippen molar-refractivity contribution in [1.29, 1.82) is 0 Å². The van der Waals surface area contributed by atoms with Gasteiger partial charge in [0, 0.05) is 30.3 Å². The SMILES string of the molecule is CCOCCCc1nc(S(=O)(=O)Cl)n[nH]1. The third-order valence-electron chi connectivity index (χ3n) is 1.64. The molecule has 0 spiro atoms. The number of hydrogen-bond donors (Lipinski definition) is 1. The molecule has 0 saturated carbocycles. The van der Waals surface area contributed by atoms with Gasteiger partial charge in [-0.3, -0.25) is 5.10 Å². The Labute approximate surface area is 92.4 Å². The number of ether oxygens (including phenoxy) is 1. The minimum Gasteiger partial charge on any atom is -0.382 e. The van der Waals surface area contributed by atoms with Gasteiger partial charge in [0.2, 0.25) is 0 Å². The Morgan fingerprint density at radius 2 is 2.27 bits per heavy atom.